The second-order valence-electron chi connectivity index (χ2n) is 13.9. The summed E-state index contributed by atoms with van der Waals surface area (Å²) >= 11 is 0. The van der Waals surface area contributed by atoms with E-state index in [0.29, 0.717) is 21.9 Å². The molecule has 4 aliphatic carbocycles. The molecule has 0 saturated carbocycles. The summed E-state index contributed by atoms with van der Waals surface area (Å²) in [4.78, 5) is 0. The van der Waals surface area contributed by atoms with E-state index in [1.165, 1.54) is 25.7 Å². The highest BCUT2D eigenvalue weighted by molar-refractivity contribution is 6.81. The topological polar surface area (TPSA) is 0 Å². The summed E-state index contributed by atoms with van der Waals surface area (Å²) in [6.45, 7) is 19.9. The Kier molecular flexibility index (Phi) is 4.35. The van der Waals surface area contributed by atoms with Crippen LogP contribution in [0.5, 0.6) is 0 Å². The van der Waals surface area contributed by atoms with Crippen molar-refractivity contribution in [2.45, 2.75) is 91.4 Å². The molecule has 0 aromatic heterocycles. The Morgan fingerprint density at radius 1 is 0.636 bits per heavy atom. The van der Waals surface area contributed by atoms with Gasteiger partial charge in [-0.1, -0.05) is 88.4 Å². The average Bonchev–Trinajstić information content (AvgIpc) is 3.38. The highest BCUT2D eigenvalue weighted by atomic mass is 28.3. The van der Waals surface area contributed by atoms with Gasteiger partial charge in [-0.3, -0.25) is 0 Å². The van der Waals surface area contributed by atoms with Crippen molar-refractivity contribution in [2.24, 2.45) is 10.8 Å². The standard InChI is InChI=1S/C32H40Si/c1-19-13-25-23(11-9-21-15-31(3,4)17-27(21)25)29(19)33(7,8)30-20(2)14-26-24(30)12-10-22-16-32(5,6)18-28(22)26/h9-14,29-30H,15-18H2,1-8H3. The third kappa shape index (κ3) is 3.07. The molecule has 2 unspecified atom stereocenters. The average molecular weight is 453 g/mol. The normalized spacial score (nSPS) is 25.9. The summed E-state index contributed by atoms with van der Waals surface area (Å²) in [7, 11) is -1.74. The SMILES string of the molecule is CC1=Cc2c(ccc3c2CC(C)(C)C3)C1[Si](C)(C)C1C(C)=Cc2c1ccc1c2CC(C)(C)C1. The van der Waals surface area contributed by atoms with Crippen LogP contribution >= 0.6 is 0 Å². The highest BCUT2D eigenvalue weighted by Gasteiger charge is 2.48. The lowest BCUT2D eigenvalue weighted by Gasteiger charge is -2.39. The van der Waals surface area contributed by atoms with Crippen LogP contribution in [-0.4, -0.2) is 8.07 Å². The maximum atomic E-state index is 2.68. The first-order valence-electron chi connectivity index (χ1n) is 13.0. The maximum absolute atomic E-state index is 2.68. The molecular formula is C32H40Si. The van der Waals surface area contributed by atoms with Gasteiger partial charge in [-0.2, -0.15) is 0 Å². The van der Waals surface area contributed by atoms with Gasteiger partial charge in [0.25, 0.3) is 0 Å². The fraction of sp³-hybridized carbons (Fsp3) is 0.500. The van der Waals surface area contributed by atoms with Gasteiger partial charge in [-0.25, -0.2) is 0 Å². The van der Waals surface area contributed by atoms with E-state index < -0.39 is 8.07 Å². The molecule has 0 bridgehead atoms. The Balaban J connectivity index is 1.44. The molecule has 1 heteroatoms. The van der Waals surface area contributed by atoms with Gasteiger partial charge >= 0.3 is 0 Å². The van der Waals surface area contributed by atoms with Gasteiger partial charge in [0.1, 0.15) is 0 Å². The van der Waals surface area contributed by atoms with E-state index >= 15 is 0 Å². The largest absolute Gasteiger partial charge is 0.0722 e. The second kappa shape index (κ2) is 6.63. The number of allylic oxidation sites excluding steroid dienone is 2. The van der Waals surface area contributed by atoms with Crippen molar-refractivity contribution in [3.05, 3.63) is 79.9 Å². The minimum atomic E-state index is -1.74. The maximum Gasteiger partial charge on any atom is 0.0722 e. The molecule has 2 aromatic rings. The molecule has 0 nitrogen and oxygen atoms in total. The van der Waals surface area contributed by atoms with Gasteiger partial charge < -0.3 is 0 Å². The van der Waals surface area contributed by atoms with Gasteiger partial charge in [0.2, 0.25) is 0 Å². The molecule has 6 rings (SSSR count). The number of hydrogen-bond donors (Lipinski definition) is 0. The summed E-state index contributed by atoms with van der Waals surface area (Å²) in [6, 6.07) is 9.99. The van der Waals surface area contributed by atoms with Crippen molar-refractivity contribution in [2.75, 3.05) is 0 Å². The zero-order valence-electron chi connectivity index (χ0n) is 21.9. The Hall–Kier alpha value is -1.86. The number of rotatable bonds is 2. The smallest absolute Gasteiger partial charge is 0.0679 e. The molecule has 172 valence electrons. The molecule has 0 radical (unpaired) electrons. The Morgan fingerprint density at radius 2 is 1.03 bits per heavy atom. The molecule has 2 aromatic carbocycles. The van der Waals surface area contributed by atoms with Gasteiger partial charge in [0.05, 0.1) is 8.07 Å². The van der Waals surface area contributed by atoms with Gasteiger partial charge in [0.15, 0.2) is 0 Å². The van der Waals surface area contributed by atoms with Crippen LogP contribution in [0.2, 0.25) is 13.1 Å². The van der Waals surface area contributed by atoms with E-state index in [4.69, 9.17) is 0 Å². The monoisotopic (exact) mass is 452 g/mol. The van der Waals surface area contributed by atoms with E-state index in [2.05, 4.69) is 91.1 Å². The van der Waals surface area contributed by atoms with Crippen LogP contribution in [0.25, 0.3) is 12.2 Å². The number of hydrogen-bond acceptors (Lipinski definition) is 0. The summed E-state index contributed by atoms with van der Waals surface area (Å²) in [5.74, 6) is 0. The number of fused-ring (bicyclic) bond motifs is 6. The minimum absolute atomic E-state index is 0.405. The lowest BCUT2D eigenvalue weighted by Crippen LogP contribution is -2.42. The summed E-state index contributed by atoms with van der Waals surface area (Å²) in [5.41, 5.74) is 18.3. The third-order valence-corrected chi connectivity index (χ3v) is 13.9. The zero-order chi connectivity index (χ0) is 23.5. The Bertz CT molecular complexity index is 1170. The summed E-state index contributed by atoms with van der Waals surface area (Å²) in [6.07, 6.45) is 10.1. The fourth-order valence-electron chi connectivity index (χ4n) is 8.42. The molecular weight excluding hydrogens is 412 g/mol. The van der Waals surface area contributed by atoms with Crippen molar-refractivity contribution in [1.82, 2.24) is 0 Å². The summed E-state index contributed by atoms with van der Waals surface area (Å²) < 4.78 is 0. The quantitative estimate of drug-likeness (QED) is 0.401. The van der Waals surface area contributed by atoms with E-state index in [1.807, 2.05) is 0 Å². The molecule has 2 atom stereocenters. The van der Waals surface area contributed by atoms with E-state index in [9.17, 15) is 0 Å². The van der Waals surface area contributed by atoms with Crippen LogP contribution in [0.1, 0.15) is 97.1 Å². The fourth-order valence-corrected chi connectivity index (χ4v) is 13.4. The van der Waals surface area contributed by atoms with Crippen LogP contribution in [0, 0.1) is 10.8 Å². The molecule has 0 aliphatic heterocycles. The predicted octanol–water partition coefficient (Wildman–Crippen LogP) is 8.42. The molecule has 33 heavy (non-hydrogen) atoms. The molecule has 4 aliphatic rings. The van der Waals surface area contributed by atoms with Crippen LogP contribution in [0.4, 0.5) is 0 Å². The lowest BCUT2D eigenvalue weighted by molar-refractivity contribution is 0.392. The van der Waals surface area contributed by atoms with Gasteiger partial charge in [-0.05, 0) is 94.9 Å². The van der Waals surface area contributed by atoms with E-state index in [1.54, 1.807) is 55.7 Å². The molecule has 0 heterocycles. The summed E-state index contributed by atoms with van der Waals surface area (Å²) in [5, 5.41) is 0. The van der Waals surface area contributed by atoms with Crippen molar-refractivity contribution in [1.29, 1.82) is 0 Å². The molecule has 0 amide bonds. The molecule has 0 spiro atoms. The van der Waals surface area contributed by atoms with Crippen LogP contribution in [-0.2, 0) is 25.7 Å². The number of benzene rings is 2. The highest BCUT2D eigenvalue weighted by Crippen LogP contribution is 2.55. The Morgan fingerprint density at radius 3 is 1.42 bits per heavy atom. The van der Waals surface area contributed by atoms with Gasteiger partial charge in [0, 0.05) is 11.1 Å². The lowest BCUT2D eigenvalue weighted by atomic mass is 9.90. The van der Waals surface area contributed by atoms with E-state index in [-0.39, 0.29) is 0 Å². The first-order chi connectivity index (χ1) is 15.4. The molecule has 0 saturated heterocycles. The predicted molar refractivity (Wildman–Crippen MR) is 146 cm³/mol. The van der Waals surface area contributed by atoms with Crippen molar-refractivity contribution in [3.8, 4) is 0 Å². The first-order valence-corrected chi connectivity index (χ1v) is 16.2. The first kappa shape index (κ1) is 21.7. The van der Waals surface area contributed by atoms with Crippen molar-refractivity contribution in [3.63, 3.8) is 0 Å². The van der Waals surface area contributed by atoms with Crippen molar-refractivity contribution < 1.29 is 0 Å². The minimum Gasteiger partial charge on any atom is -0.0679 e. The van der Waals surface area contributed by atoms with Gasteiger partial charge in [-0.15, -0.1) is 0 Å². The molecule has 0 fully saturated rings. The van der Waals surface area contributed by atoms with Crippen molar-refractivity contribution >= 4 is 20.2 Å². The van der Waals surface area contributed by atoms with E-state index in [0.717, 1.165) is 0 Å². The van der Waals surface area contributed by atoms with Crippen LogP contribution in [0.15, 0.2) is 35.4 Å². The van der Waals surface area contributed by atoms with Crippen LogP contribution < -0.4 is 0 Å². The van der Waals surface area contributed by atoms with Crippen LogP contribution in [0.3, 0.4) is 0 Å². The Labute approximate surface area is 202 Å². The molecule has 0 N–H and O–H groups in total. The third-order valence-electron chi connectivity index (χ3n) is 9.39. The zero-order valence-corrected chi connectivity index (χ0v) is 22.9. The second-order valence-corrected chi connectivity index (χ2v) is 18.7.